The maximum atomic E-state index is 13.2. The highest BCUT2D eigenvalue weighted by atomic mass is 35.5. The molecule has 0 bridgehead atoms. The summed E-state index contributed by atoms with van der Waals surface area (Å²) in [6.07, 6.45) is 1.26. The first-order chi connectivity index (χ1) is 14.4. The predicted molar refractivity (Wildman–Crippen MR) is 116 cm³/mol. The van der Waals surface area contributed by atoms with E-state index in [1.165, 1.54) is 0 Å². The van der Waals surface area contributed by atoms with Crippen molar-refractivity contribution in [3.8, 4) is 5.75 Å². The zero-order chi connectivity index (χ0) is 21.3. The third-order valence-corrected chi connectivity index (χ3v) is 6.03. The Morgan fingerprint density at radius 3 is 2.30 bits per heavy atom. The van der Waals surface area contributed by atoms with Crippen LogP contribution in [0, 0.1) is 0 Å². The fraction of sp³-hybridized carbons (Fsp3) is 0.250. The van der Waals surface area contributed by atoms with Crippen LogP contribution in [0.3, 0.4) is 0 Å². The molecule has 1 amide bonds. The minimum Gasteiger partial charge on any atom is -0.485 e. The molecule has 3 aromatic rings. The first-order valence-electron chi connectivity index (χ1n) is 9.90. The van der Waals surface area contributed by atoms with Gasteiger partial charge in [0, 0.05) is 15.8 Å². The van der Waals surface area contributed by atoms with Gasteiger partial charge >= 0.3 is 5.97 Å². The molecule has 30 heavy (non-hydrogen) atoms. The molecule has 2 N–H and O–H groups in total. The third-order valence-electron chi connectivity index (χ3n) is 5.72. The Kier molecular flexibility index (Phi) is 5.39. The number of carboxylic acids is 1. The van der Waals surface area contributed by atoms with Crippen LogP contribution < -0.4 is 10.1 Å². The Hall–Kier alpha value is -3.05. The average Bonchev–Trinajstić information content (AvgIpc) is 2.72. The molecular formula is C24H22ClNO4. The van der Waals surface area contributed by atoms with E-state index < -0.39 is 17.4 Å². The highest BCUT2D eigenvalue weighted by Crippen LogP contribution is 2.39. The topological polar surface area (TPSA) is 75.6 Å². The number of carbonyl (C=O) groups is 2. The number of carboxylic acid groups (broad SMARTS) is 1. The van der Waals surface area contributed by atoms with Gasteiger partial charge in [-0.25, -0.2) is 4.79 Å². The maximum absolute atomic E-state index is 13.2. The molecule has 0 aliphatic heterocycles. The van der Waals surface area contributed by atoms with E-state index in [2.05, 4.69) is 5.32 Å². The lowest BCUT2D eigenvalue weighted by Gasteiger charge is -2.38. The molecule has 0 aromatic heterocycles. The number of carbonyl (C=O) groups excluding carboxylic acids is 1. The van der Waals surface area contributed by atoms with Gasteiger partial charge in [0.1, 0.15) is 17.4 Å². The molecule has 0 heterocycles. The molecule has 0 radical (unpaired) electrons. The van der Waals surface area contributed by atoms with Gasteiger partial charge in [-0.3, -0.25) is 4.79 Å². The van der Waals surface area contributed by atoms with E-state index in [-0.39, 0.29) is 11.7 Å². The van der Waals surface area contributed by atoms with Crippen molar-refractivity contribution in [2.45, 2.75) is 37.8 Å². The molecule has 4 rings (SSSR count). The quantitative estimate of drug-likeness (QED) is 0.558. The Morgan fingerprint density at radius 1 is 1.07 bits per heavy atom. The Labute approximate surface area is 179 Å². The second-order valence-corrected chi connectivity index (χ2v) is 8.05. The normalized spacial score (nSPS) is 15.8. The van der Waals surface area contributed by atoms with Crippen LogP contribution in [0.1, 0.15) is 48.2 Å². The predicted octanol–water partition coefficient (Wildman–Crippen LogP) is 5.37. The number of hydrogen-bond acceptors (Lipinski definition) is 3. The fourth-order valence-electron chi connectivity index (χ4n) is 3.78. The van der Waals surface area contributed by atoms with Gasteiger partial charge in [-0.1, -0.05) is 66.2 Å². The third kappa shape index (κ3) is 3.61. The van der Waals surface area contributed by atoms with Crippen LogP contribution in [0.4, 0.5) is 0 Å². The number of ether oxygens (including phenoxy) is 1. The second-order valence-electron chi connectivity index (χ2n) is 7.65. The van der Waals surface area contributed by atoms with Crippen LogP contribution in [0.15, 0.2) is 60.7 Å². The summed E-state index contributed by atoms with van der Waals surface area (Å²) in [5.74, 6) is -1.13. The Balaban J connectivity index is 1.77. The highest BCUT2D eigenvalue weighted by Gasteiger charge is 2.46. The van der Waals surface area contributed by atoms with Crippen molar-refractivity contribution < 1.29 is 19.4 Å². The minimum atomic E-state index is -1.22. The van der Waals surface area contributed by atoms with E-state index in [1.54, 1.807) is 6.07 Å². The summed E-state index contributed by atoms with van der Waals surface area (Å²) in [6.45, 7) is 1.91. The van der Waals surface area contributed by atoms with Crippen LogP contribution >= 0.6 is 11.6 Å². The summed E-state index contributed by atoms with van der Waals surface area (Å²) >= 11 is 6.46. The van der Waals surface area contributed by atoms with E-state index in [4.69, 9.17) is 16.3 Å². The van der Waals surface area contributed by atoms with Crippen LogP contribution in [-0.4, -0.2) is 22.5 Å². The highest BCUT2D eigenvalue weighted by molar-refractivity contribution is 6.36. The SMILES string of the molecule is CC(Oc1c(C(=O)NC2(C(=O)O)CCC2)cc(Cl)c2ccccc12)c1ccccc1. The summed E-state index contributed by atoms with van der Waals surface area (Å²) in [7, 11) is 0. The number of rotatable bonds is 6. The molecular weight excluding hydrogens is 402 g/mol. The minimum absolute atomic E-state index is 0.231. The van der Waals surface area contributed by atoms with Crippen molar-refractivity contribution in [1.29, 1.82) is 0 Å². The molecule has 1 fully saturated rings. The van der Waals surface area contributed by atoms with Crippen LogP contribution in [0.2, 0.25) is 5.02 Å². The lowest BCUT2D eigenvalue weighted by atomic mass is 9.76. The fourth-order valence-corrected chi connectivity index (χ4v) is 4.05. The average molecular weight is 424 g/mol. The number of benzene rings is 3. The van der Waals surface area contributed by atoms with Crippen molar-refractivity contribution >= 4 is 34.2 Å². The van der Waals surface area contributed by atoms with E-state index >= 15 is 0 Å². The number of aliphatic carboxylic acids is 1. The first-order valence-corrected chi connectivity index (χ1v) is 10.3. The lowest BCUT2D eigenvalue weighted by molar-refractivity contribution is -0.148. The number of fused-ring (bicyclic) bond motifs is 1. The lowest BCUT2D eigenvalue weighted by Crippen LogP contribution is -2.59. The molecule has 5 nitrogen and oxygen atoms in total. The van der Waals surface area contributed by atoms with Crippen molar-refractivity contribution in [2.75, 3.05) is 0 Å². The molecule has 1 aliphatic carbocycles. The summed E-state index contributed by atoms with van der Waals surface area (Å²) in [6, 6.07) is 18.7. The van der Waals surface area contributed by atoms with Gasteiger partial charge in [0.2, 0.25) is 0 Å². The molecule has 0 spiro atoms. The van der Waals surface area contributed by atoms with Gasteiger partial charge in [-0.15, -0.1) is 0 Å². The molecule has 1 atom stereocenters. The van der Waals surface area contributed by atoms with Gasteiger partial charge < -0.3 is 15.2 Å². The molecule has 3 aromatic carbocycles. The van der Waals surface area contributed by atoms with Gasteiger partial charge in [0.15, 0.2) is 0 Å². The number of hydrogen-bond donors (Lipinski definition) is 2. The summed E-state index contributed by atoms with van der Waals surface area (Å²) in [4.78, 5) is 24.9. The van der Waals surface area contributed by atoms with E-state index in [0.717, 1.165) is 17.4 Å². The maximum Gasteiger partial charge on any atom is 0.329 e. The zero-order valence-corrected chi connectivity index (χ0v) is 17.3. The van der Waals surface area contributed by atoms with Crippen molar-refractivity contribution in [1.82, 2.24) is 5.32 Å². The molecule has 0 saturated heterocycles. The number of nitrogens with one attached hydrogen (secondary N) is 1. The summed E-state index contributed by atoms with van der Waals surface area (Å²) < 4.78 is 6.28. The largest absolute Gasteiger partial charge is 0.485 e. The zero-order valence-electron chi connectivity index (χ0n) is 16.5. The molecule has 1 saturated carbocycles. The van der Waals surface area contributed by atoms with Crippen LogP contribution in [0.5, 0.6) is 5.75 Å². The van der Waals surface area contributed by atoms with Crippen molar-refractivity contribution in [3.63, 3.8) is 0 Å². The number of halogens is 1. The van der Waals surface area contributed by atoms with E-state index in [0.29, 0.717) is 29.0 Å². The van der Waals surface area contributed by atoms with Crippen LogP contribution in [-0.2, 0) is 4.79 Å². The first kappa shape index (κ1) is 20.2. The van der Waals surface area contributed by atoms with Crippen LogP contribution in [0.25, 0.3) is 10.8 Å². The van der Waals surface area contributed by atoms with Gasteiger partial charge in [-0.05, 0) is 37.8 Å². The Bertz CT molecular complexity index is 1110. The van der Waals surface area contributed by atoms with Gasteiger partial charge in [0.05, 0.1) is 5.56 Å². The van der Waals surface area contributed by atoms with Crippen molar-refractivity contribution in [3.05, 3.63) is 76.8 Å². The number of amides is 1. The standard InChI is InChI=1S/C24H22ClNO4/c1-15(16-8-3-2-4-9-16)30-21-18-11-6-5-10-17(18)20(25)14-19(21)22(27)26-24(23(28)29)12-7-13-24/h2-6,8-11,14-15H,7,12-13H2,1H3,(H,26,27)(H,28,29). The van der Waals surface area contributed by atoms with Gasteiger partial charge in [-0.2, -0.15) is 0 Å². The Morgan fingerprint density at radius 2 is 1.70 bits per heavy atom. The summed E-state index contributed by atoms with van der Waals surface area (Å²) in [5, 5.41) is 14.2. The smallest absolute Gasteiger partial charge is 0.329 e. The summed E-state index contributed by atoms with van der Waals surface area (Å²) in [5.41, 5.74) is -0.0322. The second kappa shape index (κ2) is 8.00. The molecule has 154 valence electrons. The molecule has 6 heteroatoms. The molecule has 1 aliphatic rings. The van der Waals surface area contributed by atoms with E-state index in [1.807, 2.05) is 61.5 Å². The van der Waals surface area contributed by atoms with Crippen molar-refractivity contribution in [2.24, 2.45) is 0 Å². The van der Waals surface area contributed by atoms with E-state index in [9.17, 15) is 14.7 Å². The molecule has 1 unspecified atom stereocenters. The monoisotopic (exact) mass is 423 g/mol. The van der Waals surface area contributed by atoms with Gasteiger partial charge in [0.25, 0.3) is 5.91 Å².